The summed E-state index contributed by atoms with van der Waals surface area (Å²) in [7, 11) is -3.73. The fourth-order valence-corrected chi connectivity index (χ4v) is 4.17. The summed E-state index contributed by atoms with van der Waals surface area (Å²) in [5, 5.41) is 14.3. The van der Waals surface area contributed by atoms with Gasteiger partial charge in [-0.1, -0.05) is 50.3 Å². The van der Waals surface area contributed by atoms with Gasteiger partial charge in [0.2, 0.25) is 5.91 Å². The highest BCUT2D eigenvalue weighted by Gasteiger charge is 2.23. The van der Waals surface area contributed by atoms with Crippen molar-refractivity contribution in [2.24, 2.45) is 10.3 Å². The second-order valence-corrected chi connectivity index (χ2v) is 8.28. The highest BCUT2D eigenvalue weighted by atomic mass is 32.2. The molecule has 1 amide bonds. The van der Waals surface area contributed by atoms with Crippen LogP contribution in [0.5, 0.6) is 0 Å². The lowest BCUT2D eigenvalue weighted by molar-refractivity contribution is -0.123. The van der Waals surface area contributed by atoms with Crippen LogP contribution in [-0.4, -0.2) is 39.7 Å². The van der Waals surface area contributed by atoms with Crippen molar-refractivity contribution in [1.29, 1.82) is 5.26 Å². The zero-order valence-corrected chi connectivity index (χ0v) is 16.1. The van der Waals surface area contributed by atoms with Gasteiger partial charge in [-0.2, -0.15) is 18.1 Å². The first-order valence-corrected chi connectivity index (χ1v) is 10.7. The molecule has 1 aliphatic rings. The van der Waals surface area contributed by atoms with Crippen molar-refractivity contribution >= 4 is 22.1 Å². The van der Waals surface area contributed by atoms with Crippen LogP contribution < -0.4 is 10.6 Å². The number of hydrogen-bond donors (Lipinski definition) is 2. The number of nitrogens with zero attached hydrogens (tertiary/aromatic N) is 2. The number of carbonyl (C=O) groups is 1. The van der Waals surface area contributed by atoms with Gasteiger partial charge >= 0.3 is 0 Å². The van der Waals surface area contributed by atoms with Crippen LogP contribution >= 0.6 is 0 Å². The summed E-state index contributed by atoms with van der Waals surface area (Å²) in [5.74, 6) is 0.232. The first kappa shape index (κ1) is 21.1. The molecule has 0 bridgehead atoms. The molecule has 1 saturated carbocycles. The quantitative estimate of drug-likeness (QED) is 0.495. The van der Waals surface area contributed by atoms with Crippen molar-refractivity contribution in [3.8, 4) is 6.07 Å². The summed E-state index contributed by atoms with van der Waals surface area (Å²) in [6, 6.07) is 9.42. The normalized spacial score (nSPS) is 16.7. The van der Waals surface area contributed by atoms with Crippen LogP contribution in [0, 0.1) is 17.2 Å². The van der Waals surface area contributed by atoms with Crippen molar-refractivity contribution in [3.63, 3.8) is 0 Å². The first-order valence-electron chi connectivity index (χ1n) is 9.25. The van der Waals surface area contributed by atoms with Crippen molar-refractivity contribution in [3.05, 3.63) is 30.3 Å². The van der Waals surface area contributed by atoms with E-state index in [2.05, 4.69) is 15.0 Å². The lowest BCUT2D eigenvalue weighted by atomic mass is 9.84. The highest BCUT2D eigenvalue weighted by Crippen LogP contribution is 2.27. The van der Waals surface area contributed by atoms with E-state index < -0.39 is 16.1 Å². The van der Waals surface area contributed by atoms with Crippen LogP contribution in [0.4, 0.5) is 0 Å². The Kier molecular flexibility index (Phi) is 8.43. The van der Waals surface area contributed by atoms with E-state index in [1.54, 1.807) is 18.2 Å². The second kappa shape index (κ2) is 10.8. The third-order valence-corrected chi connectivity index (χ3v) is 5.96. The van der Waals surface area contributed by atoms with Gasteiger partial charge in [-0.15, -0.1) is 0 Å². The summed E-state index contributed by atoms with van der Waals surface area (Å²) in [6.45, 7) is 0.113. The number of nitrogens with one attached hydrogen (secondary N) is 2. The minimum atomic E-state index is -3.73. The van der Waals surface area contributed by atoms with E-state index in [0.717, 1.165) is 12.8 Å². The van der Waals surface area contributed by atoms with Crippen molar-refractivity contribution < 1.29 is 13.2 Å². The number of amides is 1. The molecule has 1 aromatic rings. The number of benzene rings is 1. The zero-order valence-electron chi connectivity index (χ0n) is 15.3. The monoisotopic (exact) mass is 390 g/mol. The van der Waals surface area contributed by atoms with E-state index >= 15 is 0 Å². The third-order valence-electron chi connectivity index (χ3n) is 4.66. The number of carbonyl (C=O) groups excluding carboxylic acids is 1. The average Bonchev–Trinajstić information content (AvgIpc) is 2.70. The molecule has 1 atom stereocenters. The Morgan fingerprint density at radius 2 is 1.96 bits per heavy atom. The number of nitriles is 1. The SMILES string of the molecule is N#CCNC(=O)[C@H](CC1CCCCC1)NCC=NS(=O)(=O)c1ccccc1. The van der Waals surface area contributed by atoms with Crippen LogP contribution in [0.2, 0.25) is 0 Å². The van der Waals surface area contributed by atoms with Crippen LogP contribution in [0.15, 0.2) is 39.6 Å². The fourth-order valence-electron chi connectivity index (χ4n) is 3.27. The molecule has 0 radical (unpaired) electrons. The van der Waals surface area contributed by atoms with Gasteiger partial charge in [-0.3, -0.25) is 4.79 Å². The molecule has 0 aliphatic heterocycles. The maximum Gasteiger partial charge on any atom is 0.282 e. The maximum atomic E-state index is 12.3. The van der Waals surface area contributed by atoms with Gasteiger partial charge in [0.15, 0.2) is 0 Å². The predicted molar refractivity (Wildman–Crippen MR) is 104 cm³/mol. The summed E-state index contributed by atoms with van der Waals surface area (Å²) in [4.78, 5) is 12.4. The van der Waals surface area contributed by atoms with E-state index in [1.807, 2.05) is 6.07 Å². The van der Waals surface area contributed by atoms with E-state index in [0.29, 0.717) is 12.3 Å². The number of hydrogen-bond acceptors (Lipinski definition) is 5. The van der Waals surface area contributed by atoms with Crippen molar-refractivity contribution in [2.45, 2.75) is 49.5 Å². The zero-order chi connectivity index (χ0) is 19.5. The standard InChI is InChI=1S/C19H26N4O3S/c20-11-12-22-19(24)18(15-16-7-3-1-4-8-16)21-13-14-23-27(25,26)17-9-5-2-6-10-17/h2,5-6,9-10,14,16,18,21H,1,3-4,7-8,12-13,15H2,(H,22,24)/t18-/m0/s1. The molecule has 0 heterocycles. The molecule has 7 nitrogen and oxygen atoms in total. The average molecular weight is 391 g/mol. The molecule has 0 unspecified atom stereocenters. The molecule has 2 N–H and O–H groups in total. The van der Waals surface area contributed by atoms with Gasteiger partial charge in [0.05, 0.1) is 17.0 Å². The predicted octanol–water partition coefficient (Wildman–Crippen LogP) is 2.01. The molecule has 146 valence electrons. The minimum Gasteiger partial charge on any atom is -0.342 e. The Morgan fingerprint density at radius 1 is 1.26 bits per heavy atom. The lowest BCUT2D eigenvalue weighted by Gasteiger charge is -2.26. The third kappa shape index (κ3) is 7.12. The maximum absolute atomic E-state index is 12.3. The summed E-state index contributed by atoms with van der Waals surface area (Å²) >= 11 is 0. The van der Waals surface area contributed by atoms with E-state index in [-0.39, 0.29) is 23.9 Å². The van der Waals surface area contributed by atoms with Gasteiger partial charge in [0.25, 0.3) is 10.0 Å². The molecule has 1 aliphatic carbocycles. The van der Waals surface area contributed by atoms with Crippen LogP contribution in [-0.2, 0) is 14.8 Å². The number of rotatable bonds is 9. The van der Waals surface area contributed by atoms with Gasteiger partial charge in [0, 0.05) is 12.8 Å². The molecule has 0 saturated heterocycles. The van der Waals surface area contributed by atoms with E-state index in [4.69, 9.17) is 5.26 Å². The van der Waals surface area contributed by atoms with Gasteiger partial charge in [0.1, 0.15) is 6.54 Å². The summed E-state index contributed by atoms with van der Waals surface area (Å²) in [6.07, 6.45) is 7.73. The first-order chi connectivity index (χ1) is 13.0. The highest BCUT2D eigenvalue weighted by molar-refractivity contribution is 7.90. The molecular weight excluding hydrogens is 364 g/mol. The van der Waals surface area contributed by atoms with Crippen molar-refractivity contribution in [1.82, 2.24) is 10.6 Å². The van der Waals surface area contributed by atoms with Gasteiger partial charge < -0.3 is 10.6 Å². The van der Waals surface area contributed by atoms with E-state index in [1.165, 1.54) is 37.6 Å². The Bertz CT molecular complexity index is 766. The molecule has 0 spiro atoms. The lowest BCUT2D eigenvalue weighted by Crippen LogP contribution is -2.46. The molecule has 8 heteroatoms. The Balaban J connectivity index is 1.93. The molecule has 27 heavy (non-hydrogen) atoms. The minimum absolute atomic E-state index is 0.0435. The molecule has 1 fully saturated rings. The van der Waals surface area contributed by atoms with E-state index in [9.17, 15) is 13.2 Å². The number of sulfonamides is 1. The Morgan fingerprint density at radius 3 is 2.63 bits per heavy atom. The topological polar surface area (TPSA) is 111 Å². The molecular formula is C19H26N4O3S. The van der Waals surface area contributed by atoms with Crippen molar-refractivity contribution in [2.75, 3.05) is 13.1 Å². The van der Waals surface area contributed by atoms with Crippen LogP contribution in [0.25, 0.3) is 0 Å². The molecule has 0 aromatic heterocycles. The smallest absolute Gasteiger partial charge is 0.282 e. The Hall–Kier alpha value is -2.24. The van der Waals surface area contributed by atoms with Crippen LogP contribution in [0.3, 0.4) is 0 Å². The fraction of sp³-hybridized carbons (Fsp3) is 0.526. The molecule has 1 aromatic carbocycles. The molecule has 2 rings (SSSR count). The summed E-state index contributed by atoms with van der Waals surface area (Å²) in [5.41, 5.74) is 0. The Labute approximate surface area is 160 Å². The summed E-state index contributed by atoms with van der Waals surface area (Å²) < 4.78 is 27.9. The largest absolute Gasteiger partial charge is 0.342 e. The van der Waals surface area contributed by atoms with Gasteiger partial charge in [-0.25, -0.2) is 0 Å². The van der Waals surface area contributed by atoms with Crippen LogP contribution in [0.1, 0.15) is 38.5 Å². The second-order valence-electron chi connectivity index (χ2n) is 6.65. The van der Waals surface area contributed by atoms with Gasteiger partial charge in [-0.05, 0) is 24.5 Å².